The number of rotatable bonds is 2. The molecule has 1 N–H and O–H groups in total. The highest BCUT2D eigenvalue weighted by atomic mass is 16.5. The topological polar surface area (TPSA) is 21.3 Å². The minimum absolute atomic E-state index is 0.157. The minimum atomic E-state index is -0.157. The number of fused-ring (bicyclic) bond motifs is 1. The van der Waals surface area contributed by atoms with E-state index in [1.807, 2.05) is 0 Å². The van der Waals surface area contributed by atoms with Gasteiger partial charge in [0, 0.05) is 11.6 Å². The molecule has 1 aromatic rings. The lowest BCUT2D eigenvalue weighted by atomic mass is 9.90. The van der Waals surface area contributed by atoms with Gasteiger partial charge in [0.2, 0.25) is 0 Å². The van der Waals surface area contributed by atoms with Crippen molar-refractivity contribution in [2.75, 3.05) is 0 Å². The summed E-state index contributed by atoms with van der Waals surface area (Å²) in [7, 11) is 0. The van der Waals surface area contributed by atoms with E-state index >= 15 is 0 Å². The van der Waals surface area contributed by atoms with Gasteiger partial charge in [-0.3, -0.25) is 0 Å². The van der Waals surface area contributed by atoms with E-state index in [2.05, 4.69) is 50.4 Å². The molecular weight excluding hydrogens is 246 g/mol. The molecule has 0 saturated heterocycles. The molecule has 0 bridgehead atoms. The summed E-state index contributed by atoms with van der Waals surface area (Å²) < 4.78 is 6.15. The summed E-state index contributed by atoms with van der Waals surface area (Å²) in [4.78, 5) is 0. The Labute approximate surface area is 122 Å². The SMILES string of the molecule is CC1CCCCCC1NC1c2ccccc2OC1(C)C. The molecule has 0 aromatic heterocycles. The summed E-state index contributed by atoms with van der Waals surface area (Å²) in [5, 5.41) is 3.93. The van der Waals surface area contributed by atoms with Crippen molar-refractivity contribution in [1.29, 1.82) is 0 Å². The molecule has 3 unspecified atom stereocenters. The lowest BCUT2D eigenvalue weighted by molar-refractivity contribution is 0.0859. The maximum absolute atomic E-state index is 6.15. The first kappa shape index (κ1) is 13.9. The van der Waals surface area contributed by atoms with Crippen molar-refractivity contribution in [3.8, 4) is 5.75 Å². The summed E-state index contributed by atoms with van der Waals surface area (Å²) in [6.07, 6.45) is 6.80. The molecule has 0 amide bonds. The Morgan fingerprint density at radius 3 is 2.70 bits per heavy atom. The monoisotopic (exact) mass is 273 g/mol. The van der Waals surface area contributed by atoms with Crippen LogP contribution >= 0.6 is 0 Å². The van der Waals surface area contributed by atoms with Crippen LogP contribution in [0.15, 0.2) is 24.3 Å². The predicted octanol–water partition coefficient (Wildman–Crippen LogP) is 4.46. The molecule has 1 aliphatic heterocycles. The van der Waals surface area contributed by atoms with Crippen LogP contribution < -0.4 is 10.1 Å². The summed E-state index contributed by atoms with van der Waals surface area (Å²) in [5.41, 5.74) is 1.17. The van der Waals surface area contributed by atoms with Crippen LogP contribution in [-0.4, -0.2) is 11.6 Å². The molecule has 1 aliphatic carbocycles. The van der Waals surface area contributed by atoms with Crippen LogP contribution in [0.25, 0.3) is 0 Å². The van der Waals surface area contributed by atoms with Crippen LogP contribution in [0.2, 0.25) is 0 Å². The van der Waals surface area contributed by atoms with Crippen molar-refractivity contribution < 1.29 is 4.74 Å². The molecule has 1 heterocycles. The molecule has 110 valence electrons. The van der Waals surface area contributed by atoms with Gasteiger partial charge in [0.15, 0.2) is 0 Å². The zero-order valence-corrected chi connectivity index (χ0v) is 13.0. The number of benzene rings is 1. The van der Waals surface area contributed by atoms with Crippen molar-refractivity contribution in [3.05, 3.63) is 29.8 Å². The normalized spacial score (nSPS) is 32.2. The van der Waals surface area contributed by atoms with Gasteiger partial charge < -0.3 is 10.1 Å². The highest BCUT2D eigenvalue weighted by Gasteiger charge is 2.42. The first-order valence-electron chi connectivity index (χ1n) is 8.12. The largest absolute Gasteiger partial charge is 0.486 e. The van der Waals surface area contributed by atoms with Crippen molar-refractivity contribution in [1.82, 2.24) is 5.32 Å². The predicted molar refractivity (Wildman–Crippen MR) is 83.1 cm³/mol. The van der Waals surface area contributed by atoms with Crippen LogP contribution in [0.3, 0.4) is 0 Å². The quantitative estimate of drug-likeness (QED) is 0.803. The van der Waals surface area contributed by atoms with E-state index in [1.54, 1.807) is 0 Å². The third kappa shape index (κ3) is 2.58. The second-order valence-corrected chi connectivity index (χ2v) is 7.06. The fourth-order valence-electron chi connectivity index (χ4n) is 3.77. The summed E-state index contributed by atoms with van der Waals surface area (Å²) in [5.74, 6) is 1.82. The summed E-state index contributed by atoms with van der Waals surface area (Å²) >= 11 is 0. The zero-order valence-electron chi connectivity index (χ0n) is 13.0. The molecule has 20 heavy (non-hydrogen) atoms. The van der Waals surface area contributed by atoms with Crippen LogP contribution in [0, 0.1) is 5.92 Å². The van der Waals surface area contributed by atoms with Gasteiger partial charge in [-0.2, -0.15) is 0 Å². The van der Waals surface area contributed by atoms with Crippen molar-refractivity contribution in [2.45, 2.75) is 70.6 Å². The van der Waals surface area contributed by atoms with Gasteiger partial charge in [-0.05, 0) is 38.7 Å². The molecular formula is C18H27NO. The molecule has 2 heteroatoms. The average molecular weight is 273 g/mol. The summed E-state index contributed by atoms with van der Waals surface area (Å²) in [6, 6.07) is 9.42. The third-order valence-electron chi connectivity index (χ3n) is 5.04. The smallest absolute Gasteiger partial charge is 0.125 e. The van der Waals surface area contributed by atoms with Gasteiger partial charge in [0.1, 0.15) is 11.4 Å². The molecule has 1 aromatic carbocycles. The van der Waals surface area contributed by atoms with Crippen LogP contribution in [0.1, 0.15) is 64.5 Å². The molecule has 0 spiro atoms. The lowest BCUT2D eigenvalue weighted by Crippen LogP contribution is -2.45. The van der Waals surface area contributed by atoms with E-state index in [1.165, 1.54) is 37.7 Å². The van der Waals surface area contributed by atoms with E-state index in [0.29, 0.717) is 12.1 Å². The van der Waals surface area contributed by atoms with Gasteiger partial charge in [-0.15, -0.1) is 0 Å². The Bertz CT molecular complexity index is 468. The fraction of sp³-hybridized carbons (Fsp3) is 0.667. The van der Waals surface area contributed by atoms with Gasteiger partial charge in [-0.1, -0.05) is 44.4 Å². The Morgan fingerprint density at radius 2 is 1.85 bits per heavy atom. The third-order valence-corrected chi connectivity index (χ3v) is 5.04. The number of hydrogen-bond acceptors (Lipinski definition) is 2. The Balaban J connectivity index is 1.81. The second kappa shape index (κ2) is 5.40. The molecule has 2 nitrogen and oxygen atoms in total. The molecule has 2 aliphatic rings. The van der Waals surface area contributed by atoms with Gasteiger partial charge in [0.25, 0.3) is 0 Å². The Hall–Kier alpha value is -1.02. The molecule has 3 atom stereocenters. The van der Waals surface area contributed by atoms with E-state index in [-0.39, 0.29) is 5.60 Å². The molecule has 1 fully saturated rings. The molecule has 1 saturated carbocycles. The lowest BCUT2D eigenvalue weighted by Gasteiger charge is -2.33. The highest BCUT2D eigenvalue weighted by molar-refractivity contribution is 5.42. The van der Waals surface area contributed by atoms with E-state index in [4.69, 9.17) is 4.74 Å². The fourth-order valence-corrected chi connectivity index (χ4v) is 3.77. The van der Waals surface area contributed by atoms with Crippen LogP contribution in [-0.2, 0) is 0 Å². The first-order chi connectivity index (χ1) is 9.58. The first-order valence-corrected chi connectivity index (χ1v) is 8.12. The summed E-state index contributed by atoms with van der Waals surface area (Å²) in [6.45, 7) is 6.80. The highest BCUT2D eigenvalue weighted by Crippen LogP contribution is 2.43. The number of nitrogens with one attached hydrogen (secondary N) is 1. The standard InChI is InChI=1S/C18H27NO/c1-13-9-5-4-6-11-15(13)19-17-14-10-7-8-12-16(14)20-18(17,2)3/h7-8,10,12-13,15,17,19H,4-6,9,11H2,1-3H3. The van der Waals surface area contributed by atoms with Crippen molar-refractivity contribution >= 4 is 0 Å². The second-order valence-electron chi connectivity index (χ2n) is 7.06. The van der Waals surface area contributed by atoms with Gasteiger partial charge >= 0.3 is 0 Å². The van der Waals surface area contributed by atoms with Gasteiger partial charge in [0.05, 0.1) is 6.04 Å². The molecule has 3 rings (SSSR count). The number of para-hydroxylation sites is 1. The van der Waals surface area contributed by atoms with Crippen molar-refractivity contribution in [3.63, 3.8) is 0 Å². The zero-order chi connectivity index (χ0) is 14.2. The van der Waals surface area contributed by atoms with Gasteiger partial charge in [-0.25, -0.2) is 0 Å². The van der Waals surface area contributed by atoms with Crippen LogP contribution in [0.4, 0.5) is 0 Å². The van der Waals surface area contributed by atoms with E-state index in [9.17, 15) is 0 Å². The van der Waals surface area contributed by atoms with Crippen molar-refractivity contribution in [2.24, 2.45) is 5.92 Å². The Kier molecular flexibility index (Phi) is 3.76. The van der Waals surface area contributed by atoms with E-state index in [0.717, 1.165) is 11.7 Å². The molecule has 0 radical (unpaired) electrons. The van der Waals surface area contributed by atoms with Crippen LogP contribution in [0.5, 0.6) is 5.75 Å². The average Bonchev–Trinajstić information content (AvgIpc) is 2.54. The maximum atomic E-state index is 6.15. The minimum Gasteiger partial charge on any atom is -0.486 e. The Morgan fingerprint density at radius 1 is 1.10 bits per heavy atom. The number of ether oxygens (including phenoxy) is 1. The van der Waals surface area contributed by atoms with E-state index < -0.39 is 0 Å². The number of hydrogen-bond donors (Lipinski definition) is 1. The maximum Gasteiger partial charge on any atom is 0.125 e.